The summed E-state index contributed by atoms with van der Waals surface area (Å²) >= 11 is 0. The molecule has 6 N–H and O–H groups in total. The molecule has 0 aliphatic carbocycles. The lowest BCUT2D eigenvalue weighted by Crippen LogP contribution is -2.40. The number of nitrogens with zero attached hydrogens (tertiary/aromatic N) is 2. The summed E-state index contributed by atoms with van der Waals surface area (Å²) in [4.78, 5) is 22.0. The molecule has 33 heavy (non-hydrogen) atoms. The van der Waals surface area contributed by atoms with Gasteiger partial charge in [0.1, 0.15) is 23.9 Å². The standard InChI is InChI=1S/C24H26N6O3/c1-2-12-8-13(9-16-22(12)33-24(26)29-16)20-21-19-15(28-20)10-14(11-18(19)32-7-5-27-21)30-6-3-4-17(30)23(25)31/h8-11,17,27-28H,2-7H2,1H3,(H2,25,31)(H2,26,29)/t17-/m0/s1. The highest BCUT2D eigenvalue weighted by Gasteiger charge is 2.31. The van der Waals surface area contributed by atoms with Gasteiger partial charge in [-0.2, -0.15) is 4.98 Å². The summed E-state index contributed by atoms with van der Waals surface area (Å²) in [6.07, 6.45) is 2.50. The minimum atomic E-state index is -0.292. The number of H-pyrrole nitrogens is 1. The molecule has 0 saturated carbocycles. The number of benzene rings is 2. The summed E-state index contributed by atoms with van der Waals surface area (Å²) in [5, 5.41) is 4.53. The number of nitrogens with two attached hydrogens (primary N) is 2. The molecular formula is C24H26N6O3. The quantitative estimate of drug-likeness (QED) is 0.377. The monoisotopic (exact) mass is 446 g/mol. The van der Waals surface area contributed by atoms with E-state index in [2.05, 4.69) is 39.2 Å². The van der Waals surface area contributed by atoms with Crippen LogP contribution in [-0.4, -0.2) is 41.6 Å². The van der Waals surface area contributed by atoms with E-state index < -0.39 is 0 Å². The number of carbonyl (C=O) groups is 1. The number of aromatic amines is 1. The Morgan fingerprint density at radius 3 is 3.00 bits per heavy atom. The molecule has 4 heterocycles. The summed E-state index contributed by atoms with van der Waals surface area (Å²) in [7, 11) is 0. The maximum atomic E-state index is 12.0. The summed E-state index contributed by atoms with van der Waals surface area (Å²) < 4.78 is 11.7. The molecule has 9 nitrogen and oxygen atoms in total. The van der Waals surface area contributed by atoms with Crippen LogP contribution in [-0.2, 0) is 11.2 Å². The number of hydrogen-bond acceptors (Lipinski definition) is 7. The Hall–Kier alpha value is -3.88. The second kappa shape index (κ2) is 7.33. The zero-order valence-corrected chi connectivity index (χ0v) is 18.4. The number of hydrogen-bond donors (Lipinski definition) is 4. The molecule has 2 aliphatic rings. The first kappa shape index (κ1) is 19.8. The van der Waals surface area contributed by atoms with Crippen molar-refractivity contribution < 1.29 is 13.9 Å². The van der Waals surface area contributed by atoms with Crippen molar-refractivity contribution in [3.63, 3.8) is 0 Å². The SMILES string of the molecule is CCc1cc(-c2[nH]c3cc(N4CCC[C@H]4C(N)=O)cc4c3c2NCCO4)cc2nc(N)oc12. The van der Waals surface area contributed by atoms with E-state index in [-0.39, 0.29) is 18.0 Å². The van der Waals surface area contributed by atoms with Crippen molar-refractivity contribution in [2.75, 3.05) is 35.6 Å². The average Bonchev–Trinajstić information content (AvgIpc) is 3.48. The van der Waals surface area contributed by atoms with Crippen molar-refractivity contribution in [1.29, 1.82) is 0 Å². The third-order valence-corrected chi connectivity index (χ3v) is 6.67. The molecule has 6 rings (SSSR count). The third-order valence-electron chi connectivity index (χ3n) is 6.67. The Balaban J connectivity index is 1.55. The minimum absolute atomic E-state index is 0.166. The highest BCUT2D eigenvalue weighted by atomic mass is 16.5. The maximum Gasteiger partial charge on any atom is 0.292 e. The highest BCUT2D eigenvalue weighted by molar-refractivity contribution is 6.07. The van der Waals surface area contributed by atoms with E-state index in [4.69, 9.17) is 20.6 Å². The molecule has 170 valence electrons. The number of nitrogen functional groups attached to an aromatic ring is 1. The number of oxazole rings is 1. The van der Waals surface area contributed by atoms with Crippen molar-refractivity contribution in [3.05, 3.63) is 29.8 Å². The van der Waals surface area contributed by atoms with Gasteiger partial charge in [0.25, 0.3) is 6.01 Å². The van der Waals surface area contributed by atoms with Crippen LogP contribution in [0.4, 0.5) is 17.4 Å². The van der Waals surface area contributed by atoms with E-state index in [0.717, 1.165) is 81.8 Å². The fourth-order valence-corrected chi connectivity index (χ4v) is 5.19. The highest BCUT2D eigenvalue weighted by Crippen LogP contribution is 2.45. The van der Waals surface area contributed by atoms with Crippen LogP contribution in [0, 0.1) is 0 Å². The zero-order chi connectivity index (χ0) is 22.7. The summed E-state index contributed by atoms with van der Waals surface area (Å²) in [6.45, 7) is 4.10. The molecule has 1 amide bonds. The number of amides is 1. The van der Waals surface area contributed by atoms with E-state index in [0.29, 0.717) is 13.2 Å². The molecule has 0 unspecified atom stereocenters. The van der Waals surface area contributed by atoms with Crippen LogP contribution in [0.3, 0.4) is 0 Å². The summed E-state index contributed by atoms with van der Waals surface area (Å²) in [6, 6.07) is 8.09. The molecule has 0 spiro atoms. The van der Waals surface area contributed by atoms with Gasteiger partial charge in [-0.05, 0) is 43.0 Å². The Morgan fingerprint density at radius 1 is 1.30 bits per heavy atom. The van der Waals surface area contributed by atoms with Crippen molar-refractivity contribution >= 4 is 45.3 Å². The lowest BCUT2D eigenvalue weighted by atomic mass is 10.0. The Bertz CT molecular complexity index is 1400. The largest absolute Gasteiger partial charge is 0.491 e. The minimum Gasteiger partial charge on any atom is -0.491 e. The first-order valence-electron chi connectivity index (χ1n) is 11.3. The first-order chi connectivity index (χ1) is 16.0. The maximum absolute atomic E-state index is 12.0. The number of rotatable bonds is 4. The molecule has 2 aliphatic heterocycles. The van der Waals surface area contributed by atoms with E-state index in [1.807, 2.05) is 12.1 Å². The van der Waals surface area contributed by atoms with Gasteiger partial charge in [0.15, 0.2) is 5.58 Å². The fourth-order valence-electron chi connectivity index (χ4n) is 5.19. The van der Waals surface area contributed by atoms with Gasteiger partial charge in [0, 0.05) is 30.4 Å². The van der Waals surface area contributed by atoms with Gasteiger partial charge in [0.05, 0.1) is 22.3 Å². The second-order valence-electron chi connectivity index (χ2n) is 8.66. The number of carbonyl (C=O) groups excluding carboxylic acids is 1. The lowest BCUT2D eigenvalue weighted by Gasteiger charge is -2.25. The first-order valence-corrected chi connectivity index (χ1v) is 11.3. The second-order valence-corrected chi connectivity index (χ2v) is 8.66. The number of anilines is 3. The van der Waals surface area contributed by atoms with Gasteiger partial charge in [-0.25, -0.2) is 0 Å². The molecule has 9 heteroatoms. The predicted molar refractivity (Wildman–Crippen MR) is 129 cm³/mol. The lowest BCUT2D eigenvalue weighted by molar-refractivity contribution is -0.119. The van der Waals surface area contributed by atoms with Gasteiger partial charge in [-0.1, -0.05) is 6.92 Å². The molecule has 0 radical (unpaired) electrons. The molecule has 1 saturated heterocycles. The Kier molecular flexibility index (Phi) is 4.39. The van der Waals surface area contributed by atoms with Gasteiger partial charge in [-0.15, -0.1) is 0 Å². The van der Waals surface area contributed by atoms with Crippen LogP contribution in [0.25, 0.3) is 33.3 Å². The van der Waals surface area contributed by atoms with Crippen LogP contribution in [0.15, 0.2) is 28.7 Å². The molecule has 0 bridgehead atoms. The van der Waals surface area contributed by atoms with Crippen molar-refractivity contribution in [2.45, 2.75) is 32.2 Å². The van der Waals surface area contributed by atoms with Crippen LogP contribution in [0.1, 0.15) is 25.3 Å². The topological polar surface area (TPSA) is 135 Å². The zero-order valence-electron chi connectivity index (χ0n) is 18.4. The number of fused-ring (bicyclic) bond motifs is 1. The molecule has 4 aromatic rings. The fraction of sp³-hybridized carbons (Fsp3) is 0.333. The number of aryl methyl sites for hydroxylation is 1. The Morgan fingerprint density at radius 2 is 2.18 bits per heavy atom. The normalized spacial score (nSPS) is 17.8. The van der Waals surface area contributed by atoms with Crippen LogP contribution in [0.5, 0.6) is 5.75 Å². The molecule has 1 fully saturated rings. The average molecular weight is 447 g/mol. The Labute approximate surface area is 190 Å². The molecular weight excluding hydrogens is 420 g/mol. The van der Waals surface area contributed by atoms with Gasteiger partial charge >= 0.3 is 0 Å². The van der Waals surface area contributed by atoms with Crippen molar-refractivity contribution in [1.82, 2.24) is 9.97 Å². The number of primary amides is 1. The number of nitrogens with one attached hydrogen (secondary N) is 2. The molecule has 2 aromatic carbocycles. The van der Waals surface area contributed by atoms with Crippen molar-refractivity contribution in [3.8, 4) is 17.0 Å². The van der Waals surface area contributed by atoms with E-state index in [9.17, 15) is 4.79 Å². The molecule has 1 atom stereocenters. The smallest absolute Gasteiger partial charge is 0.292 e. The van der Waals surface area contributed by atoms with Gasteiger partial charge < -0.3 is 35.8 Å². The van der Waals surface area contributed by atoms with E-state index in [1.54, 1.807) is 0 Å². The number of ether oxygens (including phenoxy) is 1. The number of aromatic nitrogens is 2. The predicted octanol–water partition coefficient (Wildman–Crippen LogP) is 3.38. The van der Waals surface area contributed by atoms with Crippen molar-refractivity contribution in [2.24, 2.45) is 5.73 Å². The van der Waals surface area contributed by atoms with Crippen LogP contribution < -0.4 is 26.4 Å². The summed E-state index contributed by atoms with van der Waals surface area (Å²) in [5.74, 6) is 0.504. The van der Waals surface area contributed by atoms with Crippen LogP contribution >= 0.6 is 0 Å². The van der Waals surface area contributed by atoms with Crippen LogP contribution in [0.2, 0.25) is 0 Å². The van der Waals surface area contributed by atoms with E-state index in [1.165, 1.54) is 0 Å². The van der Waals surface area contributed by atoms with E-state index >= 15 is 0 Å². The third kappa shape index (κ3) is 3.06. The molecule has 2 aromatic heterocycles. The summed E-state index contributed by atoms with van der Waals surface area (Å²) in [5.41, 5.74) is 18.8. The van der Waals surface area contributed by atoms with Gasteiger partial charge in [0.2, 0.25) is 5.91 Å². The van der Waals surface area contributed by atoms with Gasteiger partial charge in [-0.3, -0.25) is 4.79 Å².